The van der Waals surface area contributed by atoms with Gasteiger partial charge in [0.1, 0.15) is 6.07 Å². The van der Waals surface area contributed by atoms with E-state index in [2.05, 4.69) is 5.32 Å². The van der Waals surface area contributed by atoms with Crippen LogP contribution < -0.4 is 5.32 Å². The third-order valence-electron chi connectivity index (χ3n) is 3.48. The lowest BCUT2D eigenvalue weighted by Crippen LogP contribution is -2.29. The Balaban J connectivity index is 1.93. The zero-order chi connectivity index (χ0) is 19.8. The Morgan fingerprint density at radius 3 is 2.52 bits per heavy atom. The maximum Gasteiger partial charge on any atom is 0.331 e. The number of nitrogens with one attached hydrogen (secondary N) is 1. The predicted octanol–water partition coefficient (Wildman–Crippen LogP) is 3.05. The number of esters is 1. The molecule has 0 spiro atoms. The molecule has 1 amide bonds. The van der Waals surface area contributed by atoms with Crippen LogP contribution in [0.2, 0.25) is 0 Å². The molecule has 0 saturated carbocycles. The first-order valence-electron chi connectivity index (χ1n) is 7.84. The summed E-state index contributed by atoms with van der Waals surface area (Å²) in [5.41, 5.74) is 1.13. The van der Waals surface area contributed by atoms with Crippen molar-refractivity contribution < 1.29 is 19.2 Å². The summed E-state index contributed by atoms with van der Waals surface area (Å²) >= 11 is 0. The summed E-state index contributed by atoms with van der Waals surface area (Å²) in [5.74, 6) is -1.32. The minimum Gasteiger partial charge on any atom is -0.449 e. The number of carbonyl (C=O) groups excluding carboxylic acids is 2. The Morgan fingerprint density at radius 2 is 1.89 bits per heavy atom. The molecule has 2 aromatic rings. The molecule has 1 N–H and O–H groups in total. The Labute approximate surface area is 154 Å². The van der Waals surface area contributed by atoms with Gasteiger partial charge in [-0.05, 0) is 42.8 Å². The fourth-order valence-electron chi connectivity index (χ4n) is 2.06. The number of rotatable bonds is 6. The fourth-order valence-corrected chi connectivity index (χ4v) is 2.06. The number of nitrogens with zero attached hydrogens (tertiary/aromatic N) is 2. The number of ether oxygens (including phenoxy) is 1. The monoisotopic (exact) mass is 365 g/mol. The second-order valence-corrected chi connectivity index (χ2v) is 5.41. The van der Waals surface area contributed by atoms with Crippen LogP contribution in [0.4, 0.5) is 11.4 Å². The Bertz CT molecular complexity index is 929. The van der Waals surface area contributed by atoms with Gasteiger partial charge in [0.2, 0.25) is 0 Å². The maximum atomic E-state index is 12.1. The van der Waals surface area contributed by atoms with Crippen LogP contribution in [0, 0.1) is 21.4 Å². The highest BCUT2D eigenvalue weighted by Crippen LogP contribution is 2.15. The molecule has 2 aromatic carbocycles. The van der Waals surface area contributed by atoms with Crippen LogP contribution in [-0.4, -0.2) is 22.9 Å². The molecule has 1 atom stereocenters. The number of hydrogen-bond acceptors (Lipinski definition) is 6. The molecule has 2 rings (SSSR count). The smallest absolute Gasteiger partial charge is 0.331 e. The molecule has 0 aliphatic heterocycles. The fraction of sp³-hybridized carbons (Fsp3) is 0.105. The van der Waals surface area contributed by atoms with Crippen LogP contribution >= 0.6 is 0 Å². The van der Waals surface area contributed by atoms with Crippen LogP contribution in [-0.2, 0) is 14.3 Å². The van der Waals surface area contributed by atoms with Gasteiger partial charge < -0.3 is 10.1 Å². The number of nitro groups is 1. The molecule has 0 aromatic heterocycles. The van der Waals surface area contributed by atoms with Gasteiger partial charge in [0.05, 0.1) is 16.2 Å². The molecule has 136 valence electrons. The van der Waals surface area contributed by atoms with Crippen LogP contribution in [0.15, 0.2) is 54.6 Å². The van der Waals surface area contributed by atoms with E-state index >= 15 is 0 Å². The lowest BCUT2D eigenvalue weighted by atomic mass is 10.2. The largest absolute Gasteiger partial charge is 0.449 e. The second-order valence-electron chi connectivity index (χ2n) is 5.41. The van der Waals surface area contributed by atoms with Crippen LogP contribution in [0.5, 0.6) is 0 Å². The average Bonchev–Trinajstić information content (AvgIpc) is 2.67. The maximum absolute atomic E-state index is 12.1. The Kier molecular flexibility index (Phi) is 6.39. The van der Waals surface area contributed by atoms with E-state index in [0.29, 0.717) is 16.8 Å². The van der Waals surface area contributed by atoms with Crippen molar-refractivity contribution in [2.24, 2.45) is 0 Å². The number of para-hydroxylation sites is 1. The van der Waals surface area contributed by atoms with Crippen molar-refractivity contribution in [1.82, 2.24) is 0 Å². The van der Waals surface area contributed by atoms with Crippen molar-refractivity contribution in [3.8, 4) is 6.07 Å². The number of non-ortho nitro benzene ring substituents is 1. The van der Waals surface area contributed by atoms with E-state index in [-0.39, 0.29) is 5.69 Å². The molecule has 0 bridgehead atoms. The topological polar surface area (TPSA) is 122 Å². The summed E-state index contributed by atoms with van der Waals surface area (Å²) in [6, 6.07) is 14.0. The van der Waals surface area contributed by atoms with Gasteiger partial charge >= 0.3 is 5.97 Å². The molecular formula is C19H15N3O5. The molecule has 0 saturated heterocycles. The molecule has 0 unspecified atom stereocenters. The van der Waals surface area contributed by atoms with E-state index in [4.69, 9.17) is 10.00 Å². The summed E-state index contributed by atoms with van der Waals surface area (Å²) in [7, 11) is 0. The van der Waals surface area contributed by atoms with Crippen molar-refractivity contribution in [2.45, 2.75) is 13.0 Å². The molecule has 0 radical (unpaired) electrons. The van der Waals surface area contributed by atoms with Gasteiger partial charge in [0.25, 0.3) is 11.6 Å². The van der Waals surface area contributed by atoms with E-state index in [1.54, 1.807) is 24.3 Å². The van der Waals surface area contributed by atoms with Crippen LogP contribution in [0.25, 0.3) is 6.08 Å². The van der Waals surface area contributed by atoms with E-state index < -0.39 is 22.9 Å². The van der Waals surface area contributed by atoms with Gasteiger partial charge in [-0.15, -0.1) is 0 Å². The number of benzene rings is 2. The van der Waals surface area contributed by atoms with Crippen LogP contribution in [0.3, 0.4) is 0 Å². The highest BCUT2D eigenvalue weighted by molar-refractivity contribution is 5.97. The highest BCUT2D eigenvalue weighted by Gasteiger charge is 2.17. The number of nitro benzene ring substituents is 1. The van der Waals surface area contributed by atoms with Crippen molar-refractivity contribution in [3.05, 3.63) is 75.8 Å². The lowest BCUT2D eigenvalue weighted by molar-refractivity contribution is -0.384. The number of anilines is 1. The third-order valence-corrected chi connectivity index (χ3v) is 3.48. The first-order valence-corrected chi connectivity index (χ1v) is 7.84. The molecule has 0 aliphatic carbocycles. The van der Waals surface area contributed by atoms with Crippen molar-refractivity contribution in [3.63, 3.8) is 0 Å². The zero-order valence-corrected chi connectivity index (χ0v) is 14.3. The Morgan fingerprint density at radius 1 is 1.22 bits per heavy atom. The normalized spacial score (nSPS) is 11.4. The van der Waals surface area contributed by atoms with Crippen molar-refractivity contribution >= 4 is 29.3 Å². The number of hydrogen-bond donors (Lipinski definition) is 1. The minimum atomic E-state index is -1.08. The number of carbonyl (C=O) groups is 2. The molecular weight excluding hydrogens is 350 g/mol. The standard InChI is InChI=1S/C19H15N3O5/c1-13(19(24)21-17-5-3-2-4-15(17)12-20)27-18(23)11-8-14-6-9-16(10-7-14)22(25)26/h2-11,13H,1H3,(H,21,24)/b11-8+/t13-/m1/s1. The van der Waals surface area contributed by atoms with Crippen molar-refractivity contribution in [2.75, 3.05) is 5.32 Å². The van der Waals surface area contributed by atoms with Gasteiger partial charge in [0, 0.05) is 18.2 Å². The first kappa shape index (κ1) is 19.3. The summed E-state index contributed by atoms with van der Waals surface area (Å²) in [5, 5.41) is 22.1. The predicted molar refractivity (Wildman–Crippen MR) is 97.5 cm³/mol. The lowest BCUT2D eigenvalue weighted by Gasteiger charge is -2.13. The molecule has 27 heavy (non-hydrogen) atoms. The quantitative estimate of drug-likeness (QED) is 0.363. The number of amides is 1. The summed E-state index contributed by atoms with van der Waals surface area (Å²) < 4.78 is 5.01. The van der Waals surface area contributed by atoms with E-state index in [0.717, 1.165) is 6.08 Å². The first-order chi connectivity index (χ1) is 12.9. The minimum absolute atomic E-state index is 0.0577. The molecule has 0 aliphatic rings. The third kappa shape index (κ3) is 5.51. The molecule has 8 heteroatoms. The SMILES string of the molecule is C[C@@H](OC(=O)/C=C/c1ccc([N+](=O)[O-])cc1)C(=O)Nc1ccccc1C#N. The molecule has 0 heterocycles. The zero-order valence-electron chi connectivity index (χ0n) is 14.3. The molecule has 8 nitrogen and oxygen atoms in total. The summed E-state index contributed by atoms with van der Waals surface area (Å²) in [6.07, 6.45) is 1.46. The summed E-state index contributed by atoms with van der Waals surface area (Å²) in [6.45, 7) is 1.40. The second kappa shape index (κ2) is 8.92. The van der Waals surface area contributed by atoms with E-state index in [9.17, 15) is 19.7 Å². The van der Waals surface area contributed by atoms with Gasteiger partial charge in [0.15, 0.2) is 6.10 Å². The number of nitriles is 1. The van der Waals surface area contributed by atoms with Gasteiger partial charge in [-0.1, -0.05) is 12.1 Å². The Hall–Kier alpha value is -3.99. The van der Waals surface area contributed by atoms with Gasteiger partial charge in [-0.25, -0.2) is 4.79 Å². The summed E-state index contributed by atoms with van der Waals surface area (Å²) in [4.78, 5) is 34.0. The highest BCUT2D eigenvalue weighted by atomic mass is 16.6. The average molecular weight is 365 g/mol. The van der Waals surface area contributed by atoms with Gasteiger partial charge in [-0.2, -0.15) is 5.26 Å². The molecule has 0 fully saturated rings. The van der Waals surface area contributed by atoms with Crippen LogP contribution in [0.1, 0.15) is 18.1 Å². The van der Waals surface area contributed by atoms with E-state index in [1.807, 2.05) is 6.07 Å². The van der Waals surface area contributed by atoms with Gasteiger partial charge in [-0.3, -0.25) is 14.9 Å². The van der Waals surface area contributed by atoms with E-state index in [1.165, 1.54) is 37.3 Å². The van der Waals surface area contributed by atoms with Crippen molar-refractivity contribution in [1.29, 1.82) is 5.26 Å².